The maximum absolute atomic E-state index is 11.5. The van der Waals surface area contributed by atoms with Crippen molar-refractivity contribution in [2.75, 3.05) is 0 Å². The fourth-order valence-electron chi connectivity index (χ4n) is 1.51. The van der Waals surface area contributed by atoms with Crippen LogP contribution >= 0.6 is 0 Å². The van der Waals surface area contributed by atoms with Crippen LogP contribution in [-0.2, 0) is 9.53 Å². The third-order valence-electron chi connectivity index (χ3n) is 2.22. The monoisotopic (exact) mass is 201 g/mol. The van der Waals surface area contributed by atoms with E-state index in [1.807, 2.05) is 31.2 Å². The van der Waals surface area contributed by atoms with Crippen LogP contribution < -0.4 is 0 Å². The molecule has 0 N–H and O–H groups in total. The van der Waals surface area contributed by atoms with Crippen LogP contribution in [0.1, 0.15) is 17.2 Å². The Morgan fingerprint density at radius 2 is 2.33 bits per heavy atom. The summed E-state index contributed by atoms with van der Waals surface area (Å²) >= 11 is 0. The van der Waals surface area contributed by atoms with E-state index in [0.29, 0.717) is 5.90 Å². The maximum Gasteiger partial charge on any atom is 0.342 e. The molecule has 0 saturated carbocycles. The van der Waals surface area contributed by atoms with Gasteiger partial charge in [0.05, 0.1) is 0 Å². The molecule has 1 heterocycles. The van der Waals surface area contributed by atoms with Crippen LogP contribution in [0.2, 0.25) is 0 Å². The molecule has 0 radical (unpaired) electrons. The van der Waals surface area contributed by atoms with Gasteiger partial charge in [0.1, 0.15) is 0 Å². The average molecular weight is 201 g/mol. The number of aryl methyl sites for hydroxylation is 1. The topological polar surface area (TPSA) is 38.7 Å². The van der Waals surface area contributed by atoms with Crippen LogP contribution in [0.4, 0.5) is 0 Å². The van der Waals surface area contributed by atoms with E-state index in [4.69, 9.17) is 4.74 Å². The van der Waals surface area contributed by atoms with Crippen molar-refractivity contribution in [1.29, 1.82) is 0 Å². The van der Waals surface area contributed by atoms with Gasteiger partial charge in [0.2, 0.25) is 5.90 Å². The minimum absolute atomic E-state index is 0.298. The first-order valence-electron chi connectivity index (χ1n) is 4.69. The van der Waals surface area contributed by atoms with Crippen molar-refractivity contribution >= 4 is 11.9 Å². The molecule has 0 aromatic heterocycles. The van der Waals surface area contributed by atoms with Gasteiger partial charge in [0.15, 0.2) is 6.04 Å². The molecule has 0 fully saturated rings. The number of aliphatic imine (C=N–C) groups is 1. The molecule has 1 unspecified atom stereocenters. The number of rotatable bonds is 2. The predicted molar refractivity (Wildman–Crippen MR) is 57.6 cm³/mol. The predicted octanol–water partition coefficient (Wildman–Crippen LogP) is 2.18. The summed E-state index contributed by atoms with van der Waals surface area (Å²) in [5.74, 6) is -0.0398. The van der Waals surface area contributed by atoms with Gasteiger partial charge >= 0.3 is 5.97 Å². The lowest BCUT2D eigenvalue weighted by Crippen LogP contribution is -2.07. The first-order valence-corrected chi connectivity index (χ1v) is 4.69. The van der Waals surface area contributed by atoms with Crippen molar-refractivity contribution in [3.05, 3.63) is 48.0 Å². The van der Waals surface area contributed by atoms with Gasteiger partial charge in [-0.15, -0.1) is 0 Å². The molecule has 0 saturated heterocycles. The minimum Gasteiger partial charge on any atom is -0.406 e. The van der Waals surface area contributed by atoms with Crippen molar-refractivity contribution in [3.63, 3.8) is 0 Å². The van der Waals surface area contributed by atoms with Crippen molar-refractivity contribution in [2.45, 2.75) is 13.0 Å². The van der Waals surface area contributed by atoms with E-state index in [-0.39, 0.29) is 5.97 Å². The van der Waals surface area contributed by atoms with Gasteiger partial charge in [-0.05, 0) is 18.6 Å². The van der Waals surface area contributed by atoms with Crippen LogP contribution in [0.15, 0.2) is 41.9 Å². The van der Waals surface area contributed by atoms with Crippen LogP contribution in [0.3, 0.4) is 0 Å². The Bertz CT molecular complexity index is 449. The highest BCUT2D eigenvalue weighted by Crippen LogP contribution is 2.24. The lowest BCUT2D eigenvalue weighted by atomic mass is 10.1. The summed E-state index contributed by atoms with van der Waals surface area (Å²) in [4.78, 5) is 15.6. The lowest BCUT2D eigenvalue weighted by molar-refractivity contribution is -0.135. The van der Waals surface area contributed by atoms with Gasteiger partial charge in [-0.2, -0.15) is 0 Å². The number of carbonyl (C=O) groups is 1. The Kier molecular flexibility index (Phi) is 2.37. The molecule has 1 aliphatic rings. The van der Waals surface area contributed by atoms with E-state index in [0.717, 1.165) is 11.1 Å². The second-order valence-corrected chi connectivity index (χ2v) is 3.41. The maximum atomic E-state index is 11.5. The van der Waals surface area contributed by atoms with Crippen molar-refractivity contribution in [2.24, 2.45) is 4.99 Å². The number of nitrogens with zero attached hydrogens (tertiary/aromatic N) is 1. The summed E-state index contributed by atoms with van der Waals surface area (Å²) in [6, 6.07) is 7.15. The molecule has 15 heavy (non-hydrogen) atoms. The molecule has 76 valence electrons. The molecule has 1 atom stereocenters. The van der Waals surface area contributed by atoms with E-state index in [9.17, 15) is 4.79 Å². The normalized spacial score (nSPS) is 19.7. The number of hydrogen-bond acceptors (Lipinski definition) is 3. The fraction of sp³-hybridized carbons (Fsp3) is 0.167. The number of benzene rings is 1. The Hall–Kier alpha value is -1.90. The van der Waals surface area contributed by atoms with E-state index >= 15 is 0 Å². The summed E-state index contributed by atoms with van der Waals surface area (Å²) in [5.41, 5.74) is 1.96. The first kappa shape index (κ1) is 9.65. The van der Waals surface area contributed by atoms with E-state index < -0.39 is 6.04 Å². The number of carbonyl (C=O) groups excluding carboxylic acids is 1. The summed E-state index contributed by atoms with van der Waals surface area (Å²) in [5, 5.41) is 0. The summed E-state index contributed by atoms with van der Waals surface area (Å²) in [6.45, 7) is 5.49. The van der Waals surface area contributed by atoms with Crippen molar-refractivity contribution in [1.82, 2.24) is 0 Å². The average Bonchev–Trinajstić information content (AvgIpc) is 2.60. The Morgan fingerprint density at radius 3 is 2.93 bits per heavy atom. The van der Waals surface area contributed by atoms with Crippen LogP contribution in [0, 0.1) is 6.92 Å². The van der Waals surface area contributed by atoms with Crippen LogP contribution in [-0.4, -0.2) is 11.9 Å². The molecular weight excluding hydrogens is 190 g/mol. The molecule has 2 rings (SSSR count). The van der Waals surface area contributed by atoms with Gasteiger partial charge in [-0.25, -0.2) is 9.79 Å². The highest BCUT2D eigenvalue weighted by atomic mass is 16.6. The van der Waals surface area contributed by atoms with Crippen molar-refractivity contribution < 1.29 is 9.53 Å². The van der Waals surface area contributed by atoms with Gasteiger partial charge < -0.3 is 4.74 Å². The molecule has 1 aromatic rings. The van der Waals surface area contributed by atoms with Gasteiger partial charge in [0, 0.05) is 0 Å². The highest BCUT2D eigenvalue weighted by Gasteiger charge is 2.28. The molecule has 0 aliphatic carbocycles. The summed E-state index contributed by atoms with van der Waals surface area (Å²) in [6.07, 6.45) is 1.44. The van der Waals surface area contributed by atoms with E-state index in [1.54, 1.807) is 0 Å². The van der Waals surface area contributed by atoms with Crippen molar-refractivity contribution in [3.8, 4) is 0 Å². The zero-order valence-electron chi connectivity index (χ0n) is 8.43. The molecule has 0 amide bonds. The number of esters is 1. The highest BCUT2D eigenvalue weighted by molar-refractivity contribution is 6.02. The number of ether oxygens (including phenoxy) is 1. The second kappa shape index (κ2) is 3.69. The SMILES string of the molecule is C=CC1=NC(c2cccc(C)c2)C(=O)O1. The zero-order valence-corrected chi connectivity index (χ0v) is 8.43. The smallest absolute Gasteiger partial charge is 0.342 e. The minimum atomic E-state index is -0.530. The van der Waals surface area contributed by atoms with Gasteiger partial charge in [0.25, 0.3) is 0 Å². The second-order valence-electron chi connectivity index (χ2n) is 3.41. The summed E-state index contributed by atoms with van der Waals surface area (Å²) in [7, 11) is 0. The third kappa shape index (κ3) is 1.81. The lowest BCUT2D eigenvalue weighted by Gasteiger charge is -2.03. The Labute approximate surface area is 88.1 Å². The molecule has 0 bridgehead atoms. The Balaban J connectivity index is 2.35. The van der Waals surface area contributed by atoms with E-state index in [2.05, 4.69) is 11.6 Å². The van der Waals surface area contributed by atoms with E-state index in [1.165, 1.54) is 6.08 Å². The summed E-state index contributed by atoms with van der Waals surface area (Å²) < 4.78 is 4.91. The van der Waals surface area contributed by atoms with Crippen LogP contribution in [0.5, 0.6) is 0 Å². The molecule has 1 aliphatic heterocycles. The zero-order chi connectivity index (χ0) is 10.8. The van der Waals surface area contributed by atoms with Gasteiger partial charge in [-0.1, -0.05) is 36.4 Å². The molecule has 3 nitrogen and oxygen atoms in total. The number of hydrogen-bond donors (Lipinski definition) is 0. The third-order valence-corrected chi connectivity index (χ3v) is 2.22. The Morgan fingerprint density at radius 1 is 1.53 bits per heavy atom. The molecule has 1 aromatic carbocycles. The van der Waals surface area contributed by atoms with Gasteiger partial charge in [-0.3, -0.25) is 0 Å². The standard InChI is InChI=1S/C12H11NO2/c1-3-10-13-11(12(14)15-10)9-6-4-5-8(2)7-9/h3-7,11H,1H2,2H3. The fourth-order valence-corrected chi connectivity index (χ4v) is 1.51. The quantitative estimate of drug-likeness (QED) is 0.688. The van der Waals surface area contributed by atoms with Crippen LogP contribution in [0.25, 0.3) is 0 Å². The number of cyclic esters (lactones) is 1. The largest absolute Gasteiger partial charge is 0.406 e. The molecule has 0 spiro atoms. The first-order chi connectivity index (χ1) is 7.20. The molecule has 3 heteroatoms. The molecular formula is C12H11NO2.